The van der Waals surface area contributed by atoms with Crippen LogP contribution in [0.5, 0.6) is 0 Å². The first-order valence-electron chi connectivity index (χ1n) is 8.75. The summed E-state index contributed by atoms with van der Waals surface area (Å²) in [6.07, 6.45) is 11.2. The molecule has 3 heteroatoms. The van der Waals surface area contributed by atoms with Crippen LogP contribution in [-0.2, 0) is 11.2 Å². The number of nitrogens with one attached hydrogen (secondary N) is 1. The zero-order valence-electron chi connectivity index (χ0n) is 13.9. The van der Waals surface area contributed by atoms with Crippen LogP contribution in [0.25, 0.3) is 0 Å². The third kappa shape index (κ3) is 3.25. The Morgan fingerprint density at radius 2 is 2.04 bits per heavy atom. The van der Waals surface area contributed by atoms with Crippen molar-refractivity contribution in [2.24, 2.45) is 0 Å². The molecular formula is C20H26N2O. The third-order valence-electron chi connectivity index (χ3n) is 4.84. The van der Waals surface area contributed by atoms with Crippen LogP contribution < -0.4 is 5.32 Å². The highest BCUT2D eigenvalue weighted by Crippen LogP contribution is 2.36. The molecule has 1 aromatic rings. The topological polar surface area (TPSA) is 32.3 Å². The highest BCUT2D eigenvalue weighted by molar-refractivity contribution is 5.91. The summed E-state index contributed by atoms with van der Waals surface area (Å²) >= 11 is 0. The van der Waals surface area contributed by atoms with E-state index in [9.17, 15) is 4.79 Å². The van der Waals surface area contributed by atoms with E-state index in [-0.39, 0.29) is 11.6 Å². The largest absolute Gasteiger partial charge is 0.317 e. The molecule has 1 atom stereocenters. The number of fused-ring (bicyclic) bond motifs is 1. The quantitative estimate of drug-likeness (QED) is 0.873. The van der Waals surface area contributed by atoms with Crippen molar-refractivity contribution in [1.82, 2.24) is 10.2 Å². The summed E-state index contributed by atoms with van der Waals surface area (Å²) in [6, 6.07) is 10.5. The smallest absolute Gasteiger partial charge is 0.248 e. The Morgan fingerprint density at radius 1 is 1.22 bits per heavy atom. The predicted molar refractivity (Wildman–Crippen MR) is 94.0 cm³/mol. The lowest BCUT2D eigenvalue weighted by Gasteiger charge is -2.49. The number of benzene rings is 1. The van der Waals surface area contributed by atoms with Crippen molar-refractivity contribution in [1.29, 1.82) is 0 Å². The predicted octanol–water partition coefficient (Wildman–Crippen LogP) is 3.43. The molecule has 3 rings (SSSR count). The molecular weight excluding hydrogens is 284 g/mol. The maximum absolute atomic E-state index is 12.4. The Balaban J connectivity index is 1.78. The standard InChI is InChI=1S/C20H26N2O/c1-2-16-22-19(23)12-11-18-10-6-7-14-20(18,22)21-15-13-17-8-4-3-5-9-17/h3-5,8-12,21H,2,6-7,13-16H2,1H3. The number of carbonyl (C=O) groups excluding carboxylic acids is 1. The number of rotatable bonds is 6. The van der Waals surface area contributed by atoms with E-state index in [1.165, 1.54) is 11.1 Å². The zero-order chi connectivity index (χ0) is 16.1. The van der Waals surface area contributed by atoms with Crippen molar-refractivity contribution >= 4 is 5.91 Å². The number of carbonyl (C=O) groups is 1. The molecule has 3 nitrogen and oxygen atoms in total. The van der Waals surface area contributed by atoms with Gasteiger partial charge in [0.15, 0.2) is 0 Å². The maximum atomic E-state index is 12.4. The number of allylic oxidation sites excluding steroid dienone is 1. The molecule has 2 aliphatic rings. The second kappa shape index (κ2) is 7.14. The van der Waals surface area contributed by atoms with Crippen LogP contribution in [0.15, 0.2) is 54.1 Å². The van der Waals surface area contributed by atoms with E-state index in [2.05, 4.69) is 42.6 Å². The van der Waals surface area contributed by atoms with Crippen molar-refractivity contribution in [3.05, 3.63) is 59.7 Å². The lowest BCUT2D eigenvalue weighted by molar-refractivity contribution is -0.133. The third-order valence-corrected chi connectivity index (χ3v) is 4.84. The van der Waals surface area contributed by atoms with Crippen molar-refractivity contribution in [2.75, 3.05) is 13.1 Å². The average molecular weight is 310 g/mol. The average Bonchev–Trinajstić information content (AvgIpc) is 2.59. The Labute approximate surface area is 139 Å². The first-order valence-corrected chi connectivity index (χ1v) is 8.75. The lowest BCUT2D eigenvalue weighted by Crippen LogP contribution is -2.64. The summed E-state index contributed by atoms with van der Waals surface area (Å²) < 4.78 is 0. The molecule has 0 saturated heterocycles. The van der Waals surface area contributed by atoms with Gasteiger partial charge in [-0.15, -0.1) is 0 Å². The molecule has 122 valence electrons. The molecule has 0 spiro atoms. The van der Waals surface area contributed by atoms with Gasteiger partial charge in [0.05, 0.1) is 0 Å². The number of hydrogen-bond acceptors (Lipinski definition) is 2. The summed E-state index contributed by atoms with van der Waals surface area (Å²) in [4.78, 5) is 14.5. The molecule has 1 N–H and O–H groups in total. The zero-order valence-corrected chi connectivity index (χ0v) is 13.9. The normalized spacial score (nSPS) is 23.6. The van der Waals surface area contributed by atoms with Gasteiger partial charge in [-0.2, -0.15) is 0 Å². The van der Waals surface area contributed by atoms with E-state index in [1.54, 1.807) is 6.08 Å². The van der Waals surface area contributed by atoms with Crippen LogP contribution in [0.4, 0.5) is 0 Å². The fourth-order valence-corrected chi connectivity index (χ4v) is 3.73. The summed E-state index contributed by atoms with van der Waals surface area (Å²) in [5.74, 6) is 0.137. The number of hydrogen-bond donors (Lipinski definition) is 1. The van der Waals surface area contributed by atoms with Crippen molar-refractivity contribution in [3.63, 3.8) is 0 Å². The van der Waals surface area contributed by atoms with Gasteiger partial charge in [-0.25, -0.2) is 0 Å². The Kier molecular flexibility index (Phi) is 4.97. The van der Waals surface area contributed by atoms with Crippen molar-refractivity contribution < 1.29 is 4.79 Å². The van der Waals surface area contributed by atoms with Gasteiger partial charge >= 0.3 is 0 Å². The molecule has 23 heavy (non-hydrogen) atoms. The lowest BCUT2D eigenvalue weighted by atomic mass is 9.83. The fraction of sp³-hybridized carbons (Fsp3) is 0.450. The second-order valence-corrected chi connectivity index (χ2v) is 6.40. The Bertz CT molecular complexity index is 605. The molecule has 0 saturated carbocycles. The molecule has 1 amide bonds. The van der Waals surface area contributed by atoms with Crippen LogP contribution >= 0.6 is 0 Å². The monoisotopic (exact) mass is 310 g/mol. The molecule has 1 aromatic carbocycles. The highest BCUT2D eigenvalue weighted by Gasteiger charge is 2.43. The molecule has 1 unspecified atom stereocenters. The number of amides is 1. The van der Waals surface area contributed by atoms with Gasteiger partial charge in [-0.3, -0.25) is 10.1 Å². The summed E-state index contributed by atoms with van der Waals surface area (Å²) in [5.41, 5.74) is 2.30. The van der Waals surface area contributed by atoms with Gasteiger partial charge in [0.25, 0.3) is 0 Å². The van der Waals surface area contributed by atoms with Crippen molar-refractivity contribution in [3.8, 4) is 0 Å². The van der Waals surface area contributed by atoms with Crippen molar-refractivity contribution in [2.45, 2.75) is 44.7 Å². The summed E-state index contributed by atoms with van der Waals surface area (Å²) in [6.45, 7) is 3.82. The summed E-state index contributed by atoms with van der Waals surface area (Å²) in [5, 5.41) is 3.74. The number of nitrogens with zero attached hydrogens (tertiary/aromatic N) is 1. The van der Waals surface area contributed by atoms with E-state index >= 15 is 0 Å². The Morgan fingerprint density at radius 3 is 2.83 bits per heavy atom. The first kappa shape index (κ1) is 16.0. The van der Waals surface area contributed by atoms with E-state index in [0.29, 0.717) is 0 Å². The fourth-order valence-electron chi connectivity index (χ4n) is 3.73. The first-order chi connectivity index (χ1) is 11.3. The van der Waals surface area contributed by atoms with Gasteiger partial charge < -0.3 is 4.90 Å². The molecule has 0 aromatic heterocycles. The highest BCUT2D eigenvalue weighted by atomic mass is 16.2. The van der Waals surface area contributed by atoms with Crippen LogP contribution in [0.2, 0.25) is 0 Å². The van der Waals surface area contributed by atoms with Crippen LogP contribution in [0.3, 0.4) is 0 Å². The molecule has 0 radical (unpaired) electrons. The van der Waals surface area contributed by atoms with E-state index in [0.717, 1.165) is 45.2 Å². The van der Waals surface area contributed by atoms with Gasteiger partial charge in [0.1, 0.15) is 5.66 Å². The Hall–Kier alpha value is -1.87. The van der Waals surface area contributed by atoms with Crippen LogP contribution in [0.1, 0.15) is 38.2 Å². The molecule has 0 bridgehead atoms. The minimum atomic E-state index is -0.297. The van der Waals surface area contributed by atoms with Crippen LogP contribution in [0, 0.1) is 0 Å². The van der Waals surface area contributed by atoms with Gasteiger partial charge in [-0.05, 0) is 43.2 Å². The SMILES string of the molecule is CCCN1C(=O)C=CC2=CCCCC21NCCc1ccccc1. The molecule has 1 heterocycles. The van der Waals surface area contributed by atoms with Crippen LogP contribution in [-0.4, -0.2) is 29.6 Å². The maximum Gasteiger partial charge on any atom is 0.248 e. The minimum absolute atomic E-state index is 0.137. The van der Waals surface area contributed by atoms with Gasteiger partial charge in [0.2, 0.25) is 5.91 Å². The molecule has 1 aliphatic heterocycles. The van der Waals surface area contributed by atoms with E-state index < -0.39 is 0 Å². The summed E-state index contributed by atoms with van der Waals surface area (Å²) in [7, 11) is 0. The van der Waals surface area contributed by atoms with Gasteiger partial charge in [0, 0.05) is 19.2 Å². The molecule has 1 aliphatic carbocycles. The minimum Gasteiger partial charge on any atom is -0.317 e. The van der Waals surface area contributed by atoms with E-state index in [1.807, 2.05) is 17.0 Å². The van der Waals surface area contributed by atoms with Gasteiger partial charge in [-0.1, -0.05) is 49.4 Å². The van der Waals surface area contributed by atoms with E-state index in [4.69, 9.17) is 0 Å². The molecule has 0 fully saturated rings. The second-order valence-electron chi connectivity index (χ2n) is 6.40.